The molecule has 78 valence electrons. The molecule has 0 aliphatic heterocycles. The number of rotatable bonds is 3. The third kappa shape index (κ3) is 3.22. The van der Waals surface area contributed by atoms with Gasteiger partial charge < -0.3 is 4.74 Å². The lowest BCUT2D eigenvalue weighted by atomic mass is 10.1. The van der Waals surface area contributed by atoms with Crippen LogP contribution in [0.2, 0.25) is 5.02 Å². The highest BCUT2D eigenvalue weighted by molar-refractivity contribution is 6.32. The zero-order chi connectivity index (χ0) is 11.3. The van der Waals surface area contributed by atoms with Gasteiger partial charge in [-0.25, -0.2) is 4.79 Å². The molecule has 0 heterocycles. The lowest BCUT2D eigenvalue weighted by Crippen LogP contribution is -1.93. The van der Waals surface area contributed by atoms with E-state index >= 15 is 0 Å². The molecule has 0 spiro atoms. The van der Waals surface area contributed by atoms with E-state index in [1.54, 1.807) is 12.1 Å². The van der Waals surface area contributed by atoms with Crippen LogP contribution >= 0.6 is 11.6 Å². The van der Waals surface area contributed by atoms with Crippen molar-refractivity contribution in [3.8, 4) is 0 Å². The Kier molecular flexibility index (Phi) is 4.06. The summed E-state index contributed by atoms with van der Waals surface area (Å²) in [5.41, 5.74) is 1.16. The number of hydrogen-bond donors (Lipinski definition) is 0. The number of carbonyl (C=O) groups excluding carboxylic acids is 2. The van der Waals surface area contributed by atoms with Gasteiger partial charge in [0.15, 0.2) is 0 Å². The van der Waals surface area contributed by atoms with Gasteiger partial charge in [0.2, 0.25) is 0 Å². The molecule has 15 heavy (non-hydrogen) atoms. The highest BCUT2D eigenvalue weighted by Crippen LogP contribution is 2.18. The van der Waals surface area contributed by atoms with Gasteiger partial charge in [-0.3, -0.25) is 4.79 Å². The number of halogens is 1. The van der Waals surface area contributed by atoms with Gasteiger partial charge in [-0.1, -0.05) is 23.7 Å². The van der Waals surface area contributed by atoms with E-state index < -0.39 is 5.97 Å². The van der Waals surface area contributed by atoms with E-state index in [1.165, 1.54) is 25.3 Å². The number of benzene rings is 1. The first-order valence-corrected chi connectivity index (χ1v) is 4.56. The summed E-state index contributed by atoms with van der Waals surface area (Å²) < 4.78 is 4.43. The topological polar surface area (TPSA) is 43.4 Å². The number of aldehydes is 1. The maximum atomic E-state index is 10.8. The van der Waals surface area contributed by atoms with Crippen LogP contribution in [0, 0.1) is 0 Å². The summed E-state index contributed by atoms with van der Waals surface area (Å²) in [4.78, 5) is 21.2. The fraction of sp³-hybridized carbons (Fsp3) is 0.0909. The molecule has 1 aromatic rings. The van der Waals surface area contributed by atoms with Crippen molar-refractivity contribution in [2.45, 2.75) is 0 Å². The Labute approximate surface area is 92.3 Å². The molecule has 3 nitrogen and oxygen atoms in total. The maximum Gasteiger partial charge on any atom is 0.330 e. The van der Waals surface area contributed by atoms with Crippen LogP contribution in [0.1, 0.15) is 15.9 Å². The first-order chi connectivity index (χ1) is 7.17. The zero-order valence-corrected chi connectivity index (χ0v) is 8.82. The van der Waals surface area contributed by atoms with Crippen molar-refractivity contribution in [1.29, 1.82) is 0 Å². The Morgan fingerprint density at radius 1 is 1.47 bits per heavy atom. The van der Waals surface area contributed by atoms with Gasteiger partial charge >= 0.3 is 5.97 Å². The van der Waals surface area contributed by atoms with Crippen LogP contribution in [0.3, 0.4) is 0 Å². The standard InChI is InChI=1S/C11H9ClO3/c1-15-11(14)5-4-9-3-2-8(7-13)6-10(9)12/h2-7H,1H3. The molecule has 0 aliphatic carbocycles. The first kappa shape index (κ1) is 11.5. The van der Waals surface area contributed by atoms with Crippen molar-refractivity contribution in [3.63, 3.8) is 0 Å². The first-order valence-electron chi connectivity index (χ1n) is 4.18. The van der Waals surface area contributed by atoms with Gasteiger partial charge in [0, 0.05) is 16.7 Å². The Hall–Kier alpha value is -1.61. The van der Waals surface area contributed by atoms with E-state index in [4.69, 9.17) is 11.6 Å². The SMILES string of the molecule is COC(=O)C=Cc1ccc(C=O)cc1Cl. The van der Waals surface area contributed by atoms with Crippen molar-refractivity contribution < 1.29 is 14.3 Å². The van der Waals surface area contributed by atoms with E-state index in [-0.39, 0.29) is 0 Å². The second-order valence-electron chi connectivity index (χ2n) is 2.76. The monoisotopic (exact) mass is 224 g/mol. The second kappa shape index (κ2) is 5.32. The quantitative estimate of drug-likeness (QED) is 0.450. The second-order valence-corrected chi connectivity index (χ2v) is 3.16. The van der Waals surface area contributed by atoms with E-state index in [1.807, 2.05) is 0 Å². The summed E-state index contributed by atoms with van der Waals surface area (Å²) >= 11 is 5.87. The predicted octanol–water partition coefficient (Wildman–Crippen LogP) is 2.34. The molecule has 0 saturated heterocycles. The van der Waals surface area contributed by atoms with Crippen LogP contribution in [0.4, 0.5) is 0 Å². The summed E-state index contributed by atoms with van der Waals surface area (Å²) in [6, 6.07) is 4.81. The molecule has 0 amide bonds. The van der Waals surface area contributed by atoms with Crippen molar-refractivity contribution in [2.24, 2.45) is 0 Å². The minimum atomic E-state index is -0.453. The summed E-state index contributed by atoms with van der Waals surface area (Å²) in [5, 5.41) is 0.416. The molecule has 0 fully saturated rings. The fourth-order valence-electron chi connectivity index (χ4n) is 0.978. The molecular formula is C11H9ClO3. The van der Waals surface area contributed by atoms with Gasteiger partial charge in [-0.05, 0) is 17.7 Å². The molecule has 0 unspecified atom stereocenters. The number of methoxy groups -OCH3 is 1. The largest absolute Gasteiger partial charge is 0.466 e. The molecule has 0 N–H and O–H groups in total. The lowest BCUT2D eigenvalue weighted by molar-refractivity contribution is -0.134. The molecule has 0 aliphatic rings. The summed E-state index contributed by atoms with van der Waals surface area (Å²) in [6.07, 6.45) is 3.50. The van der Waals surface area contributed by atoms with Gasteiger partial charge in [-0.15, -0.1) is 0 Å². The lowest BCUT2D eigenvalue weighted by Gasteiger charge is -1.98. The van der Waals surface area contributed by atoms with Crippen LogP contribution in [0.25, 0.3) is 6.08 Å². The molecule has 0 aromatic heterocycles. The van der Waals surface area contributed by atoms with Gasteiger partial charge in [0.1, 0.15) is 6.29 Å². The number of ether oxygens (including phenoxy) is 1. The number of carbonyl (C=O) groups is 2. The Morgan fingerprint density at radius 3 is 2.73 bits per heavy atom. The molecule has 4 heteroatoms. The Balaban J connectivity index is 2.91. The van der Waals surface area contributed by atoms with E-state index in [9.17, 15) is 9.59 Å². The molecule has 0 bridgehead atoms. The molecule has 1 aromatic carbocycles. The van der Waals surface area contributed by atoms with Crippen LogP contribution in [0.5, 0.6) is 0 Å². The van der Waals surface area contributed by atoms with Crippen LogP contribution in [0.15, 0.2) is 24.3 Å². The fourth-order valence-corrected chi connectivity index (χ4v) is 1.23. The van der Waals surface area contributed by atoms with Crippen LogP contribution < -0.4 is 0 Å². The van der Waals surface area contributed by atoms with Gasteiger partial charge in [0.25, 0.3) is 0 Å². The maximum absolute atomic E-state index is 10.8. The van der Waals surface area contributed by atoms with E-state index in [2.05, 4.69) is 4.74 Å². The van der Waals surface area contributed by atoms with E-state index in [0.29, 0.717) is 22.4 Å². The molecule has 0 atom stereocenters. The smallest absolute Gasteiger partial charge is 0.330 e. The minimum absolute atomic E-state index is 0.416. The number of esters is 1. The van der Waals surface area contributed by atoms with Crippen LogP contribution in [-0.4, -0.2) is 19.4 Å². The minimum Gasteiger partial charge on any atom is -0.466 e. The molecular weight excluding hydrogens is 216 g/mol. The molecule has 0 saturated carbocycles. The summed E-state index contributed by atoms with van der Waals surface area (Å²) in [5.74, 6) is -0.453. The van der Waals surface area contributed by atoms with Crippen molar-refractivity contribution in [3.05, 3.63) is 40.4 Å². The highest BCUT2D eigenvalue weighted by Gasteiger charge is 1.99. The van der Waals surface area contributed by atoms with Crippen LogP contribution in [-0.2, 0) is 9.53 Å². The van der Waals surface area contributed by atoms with Gasteiger partial charge in [-0.2, -0.15) is 0 Å². The summed E-state index contributed by atoms with van der Waals surface area (Å²) in [7, 11) is 1.30. The number of hydrogen-bond acceptors (Lipinski definition) is 3. The molecule has 0 radical (unpaired) electrons. The predicted molar refractivity (Wildman–Crippen MR) is 57.9 cm³/mol. The third-order valence-corrected chi connectivity index (χ3v) is 2.09. The van der Waals surface area contributed by atoms with Crippen molar-refractivity contribution in [2.75, 3.05) is 7.11 Å². The van der Waals surface area contributed by atoms with Crippen molar-refractivity contribution >= 4 is 29.9 Å². The average molecular weight is 225 g/mol. The normalized spacial score (nSPS) is 10.3. The summed E-state index contributed by atoms with van der Waals surface area (Å²) in [6.45, 7) is 0. The average Bonchev–Trinajstić information content (AvgIpc) is 2.26. The van der Waals surface area contributed by atoms with E-state index in [0.717, 1.165) is 0 Å². The zero-order valence-electron chi connectivity index (χ0n) is 8.07. The molecule has 1 rings (SSSR count). The van der Waals surface area contributed by atoms with Gasteiger partial charge in [0.05, 0.1) is 7.11 Å². The third-order valence-electron chi connectivity index (χ3n) is 1.76. The Morgan fingerprint density at radius 2 is 2.20 bits per heavy atom. The Bertz CT molecular complexity index is 410. The highest BCUT2D eigenvalue weighted by atomic mass is 35.5. The van der Waals surface area contributed by atoms with Crippen molar-refractivity contribution in [1.82, 2.24) is 0 Å².